The molecule has 0 radical (unpaired) electrons. The fraction of sp³-hybridized carbons (Fsp3) is 0.633. The molecule has 3 saturated heterocycles. The van der Waals surface area contributed by atoms with E-state index in [0.29, 0.717) is 5.56 Å². The Bertz CT molecular complexity index is 1350. The van der Waals surface area contributed by atoms with Crippen molar-refractivity contribution < 1.29 is 83.9 Å². The number of aliphatic hydroxyl groups excluding tert-OH is 7. The van der Waals surface area contributed by atoms with E-state index in [2.05, 4.69) is 0 Å². The molecule has 6 rings (SSSR count). The number of hydrogen-bond donors (Lipinski definition) is 9. The number of phenolic OH excluding ortho intramolecular Hbond substituents is 2. The van der Waals surface area contributed by atoms with Crippen molar-refractivity contribution in [3.63, 3.8) is 0 Å². The van der Waals surface area contributed by atoms with Crippen molar-refractivity contribution in [2.45, 2.75) is 92.4 Å². The van der Waals surface area contributed by atoms with E-state index in [1.807, 2.05) is 0 Å². The molecule has 1 saturated carbocycles. The number of rotatable bonds is 9. The quantitative estimate of drug-likeness (QED) is 0.0546. The van der Waals surface area contributed by atoms with Crippen LogP contribution in [0.2, 0.25) is 0 Å². The van der Waals surface area contributed by atoms with Crippen molar-refractivity contribution in [2.24, 2.45) is 11.8 Å². The summed E-state index contributed by atoms with van der Waals surface area (Å²) in [5, 5.41) is 91.4. The fourth-order valence-corrected chi connectivity index (χ4v) is 6.68. The van der Waals surface area contributed by atoms with Crippen molar-refractivity contribution in [2.75, 3.05) is 13.2 Å². The summed E-state index contributed by atoms with van der Waals surface area (Å²) in [6.45, 7) is 0.303. The molecule has 4 aliphatic heterocycles. The maximum atomic E-state index is 12.8. The van der Waals surface area contributed by atoms with Gasteiger partial charge >= 0.3 is 5.97 Å². The average molecular weight is 671 g/mol. The second kappa shape index (κ2) is 13.2. The van der Waals surface area contributed by atoms with Gasteiger partial charge in [-0.15, -0.1) is 0 Å². The Labute approximate surface area is 267 Å². The topological polar surface area (TPSA) is 267 Å². The summed E-state index contributed by atoms with van der Waals surface area (Å²) in [4.78, 5) is 12.8. The highest BCUT2D eigenvalue weighted by Gasteiger charge is 2.77. The molecule has 0 unspecified atom stereocenters. The van der Waals surface area contributed by atoms with Gasteiger partial charge in [0.2, 0.25) is 6.29 Å². The number of ether oxygens (including phenoxy) is 7. The van der Waals surface area contributed by atoms with E-state index < -0.39 is 122 Å². The van der Waals surface area contributed by atoms with Gasteiger partial charge in [0, 0.05) is 12.0 Å². The molecule has 5 aliphatic rings. The van der Waals surface area contributed by atoms with Crippen LogP contribution >= 0.6 is 0 Å². The lowest BCUT2D eigenvalue weighted by molar-refractivity contribution is -0.347. The maximum absolute atomic E-state index is 12.8. The van der Waals surface area contributed by atoms with Crippen molar-refractivity contribution >= 4 is 12.0 Å². The lowest BCUT2D eigenvalue weighted by Gasteiger charge is -2.44. The molecule has 9 N–H and O–H groups in total. The van der Waals surface area contributed by atoms with Gasteiger partial charge in [0.05, 0.1) is 37.6 Å². The minimum atomic E-state index is -1.72. The van der Waals surface area contributed by atoms with E-state index in [4.69, 9.17) is 33.2 Å². The first-order chi connectivity index (χ1) is 22.4. The molecule has 1 aromatic rings. The maximum Gasteiger partial charge on any atom is 0.331 e. The van der Waals surface area contributed by atoms with Crippen LogP contribution in [0.4, 0.5) is 0 Å². The fourth-order valence-electron chi connectivity index (χ4n) is 6.68. The lowest BCUT2D eigenvalue weighted by Crippen LogP contribution is -2.61. The SMILES string of the molecule is C[C@@H]1O[C@@H](O[C@H]2[C@@H]3C=CO[C@@H](O[C@@H]4O[C@H](CO)[C@@H](O)[C@H](O)[C@H]4O)[C@@H]3[C@@]3(CO)O[C@@H]23)[C@H](OC(=O)C=Cc2ccc(O)c(O)c2)[C@H](O)[C@H]1O. The molecule has 260 valence electrons. The minimum absolute atomic E-state index is 0.347. The zero-order chi connectivity index (χ0) is 33.8. The van der Waals surface area contributed by atoms with Crippen LogP contribution in [0.15, 0.2) is 36.6 Å². The monoisotopic (exact) mass is 670 g/mol. The highest BCUT2D eigenvalue weighted by Crippen LogP contribution is 2.61. The first-order valence-corrected chi connectivity index (χ1v) is 15.0. The van der Waals surface area contributed by atoms with Crippen molar-refractivity contribution in [1.82, 2.24) is 0 Å². The predicted molar refractivity (Wildman–Crippen MR) is 150 cm³/mol. The number of carbonyl (C=O) groups excluding carboxylic acids is 1. The number of esters is 1. The summed E-state index contributed by atoms with van der Waals surface area (Å²) >= 11 is 0. The molecule has 16 atom stereocenters. The molecule has 0 aromatic heterocycles. The molecule has 4 heterocycles. The van der Waals surface area contributed by atoms with Crippen molar-refractivity contribution in [1.29, 1.82) is 0 Å². The van der Waals surface area contributed by atoms with Crippen LogP contribution in [0.1, 0.15) is 12.5 Å². The summed E-state index contributed by atoms with van der Waals surface area (Å²) in [7, 11) is 0. The number of phenols is 2. The van der Waals surface area contributed by atoms with Gasteiger partial charge in [-0.25, -0.2) is 4.79 Å². The van der Waals surface area contributed by atoms with Gasteiger partial charge in [0.1, 0.15) is 48.3 Å². The third kappa shape index (κ3) is 6.11. The lowest BCUT2D eigenvalue weighted by atomic mass is 9.85. The molecule has 0 bridgehead atoms. The first-order valence-electron chi connectivity index (χ1n) is 15.0. The molecule has 0 amide bonds. The van der Waals surface area contributed by atoms with E-state index in [1.165, 1.54) is 37.5 Å². The third-order valence-corrected chi connectivity index (χ3v) is 9.34. The van der Waals surface area contributed by atoms with Gasteiger partial charge < -0.3 is 79.1 Å². The van der Waals surface area contributed by atoms with E-state index in [0.717, 1.165) is 6.08 Å². The Morgan fingerprint density at radius 1 is 0.894 bits per heavy atom. The van der Waals surface area contributed by atoms with Crippen LogP contribution in [0.5, 0.6) is 11.5 Å². The zero-order valence-electron chi connectivity index (χ0n) is 24.9. The van der Waals surface area contributed by atoms with Crippen LogP contribution in [-0.2, 0) is 38.0 Å². The number of aliphatic hydroxyl groups is 7. The number of benzene rings is 1. The molecule has 0 spiro atoms. The van der Waals surface area contributed by atoms with E-state index >= 15 is 0 Å². The second-order valence-corrected chi connectivity index (χ2v) is 12.2. The number of carbonyl (C=O) groups is 1. The Morgan fingerprint density at radius 3 is 2.36 bits per heavy atom. The highest BCUT2D eigenvalue weighted by molar-refractivity contribution is 5.87. The van der Waals surface area contributed by atoms with Crippen molar-refractivity contribution in [3.8, 4) is 11.5 Å². The number of hydrogen-bond acceptors (Lipinski definition) is 17. The Kier molecular flexibility index (Phi) is 9.53. The van der Waals surface area contributed by atoms with Crippen LogP contribution in [0.3, 0.4) is 0 Å². The largest absolute Gasteiger partial charge is 0.504 e. The van der Waals surface area contributed by atoms with Crippen LogP contribution in [-0.4, -0.2) is 151 Å². The van der Waals surface area contributed by atoms with Gasteiger partial charge in [-0.3, -0.25) is 0 Å². The summed E-state index contributed by atoms with van der Waals surface area (Å²) < 4.78 is 40.5. The molecule has 4 fully saturated rings. The van der Waals surface area contributed by atoms with E-state index in [9.17, 15) is 50.8 Å². The second-order valence-electron chi connectivity index (χ2n) is 12.2. The van der Waals surface area contributed by atoms with Gasteiger partial charge in [-0.1, -0.05) is 6.07 Å². The summed E-state index contributed by atoms with van der Waals surface area (Å²) in [5.74, 6) is -3.09. The van der Waals surface area contributed by atoms with E-state index in [-0.39, 0.29) is 5.75 Å². The van der Waals surface area contributed by atoms with Crippen molar-refractivity contribution in [3.05, 3.63) is 42.2 Å². The van der Waals surface area contributed by atoms with Gasteiger partial charge in [0.25, 0.3) is 0 Å². The molecule has 17 nitrogen and oxygen atoms in total. The number of fused-ring (bicyclic) bond motifs is 3. The molecule has 17 heteroatoms. The van der Waals surface area contributed by atoms with Gasteiger partial charge in [-0.05, 0) is 36.8 Å². The predicted octanol–water partition coefficient (Wildman–Crippen LogP) is -3.06. The molecular formula is C30H38O17. The van der Waals surface area contributed by atoms with Crippen LogP contribution < -0.4 is 0 Å². The summed E-state index contributed by atoms with van der Waals surface area (Å²) in [6.07, 6.45) is -12.5. The zero-order valence-corrected chi connectivity index (χ0v) is 24.9. The molecule has 1 aliphatic carbocycles. The first kappa shape index (κ1) is 34.0. The van der Waals surface area contributed by atoms with E-state index in [1.54, 1.807) is 6.08 Å². The Balaban J connectivity index is 1.19. The number of epoxide rings is 1. The molecule has 47 heavy (non-hydrogen) atoms. The smallest absolute Gasteiger partial charge is 0.331 e. The molecular weight excluding hydrogens is 632 g/mol. The summed E-state index contributed by atoms with van der Waals surface area (Å²) in [5.41, 5.74) is -0.906. The highest BCUT2D eigenvalue weighted by atomic mass is 16.8. The van der Waals surface area contributed by atoms with Crippen LogP contribution in [0, 0.1) is 11.8 Å². The standard InChI is InChI=1S/C30H38O17/c1-11-19(36)22(39)25(44-17(35)5-3-12-2-4-14(33)15(34)8-12)29(42-11)45-24-13-6-7-41-27(18(13)30(10-32)26(24)47-30)46-28-23(40)21(38)20(37)16(9-31)43-28/h2-8,11,13,16,18-29,31-34,36-40H,9-10H2,1H3/t11-,13+,16+,18+,19-,20+,21-,22+,23+,24-,25+,26-,27-,28-,29-,30+/m0/s1. The Morgan fingerprint density at radius 2 is 1.66 bits per heavy atom. The third-order valence-electron chi connectivity index (χ3n) is 9.34. The molecule has 1 aromatic carbocycles. The van der Waals surface area contributed by atoms with Gasteiger partial charge in [-0.2, -0.15) is 0 Å². The summed E-state index contributed by atoms with van der Waals surface area (Å²) in [6, 6.07) is 3.88. The Hall–Kier alpha value is -2.91. The average Bonchev–Trinajstić information content (AvgIpc) is 3.73. The van der Waals surface area contributed by atoms with Gasteiger partial charge in [0.15, 0.2) is 30.2 Å². The minimum Gasteiger partial charge on any atom is -0.504 e. The normalized spacial score (nSPS) is 45.7. The van der Waals surface area contributed by atoms with Crippen LogP contribution in [0.25, 0.3) is 6.08 Å². The number of aromatic hydroxyl groups is 2.